The zero-order valence-corrected chi connectivity index (χ0v) is 12.3. The summed E-state index contributed by atoms with van der Waals surface area (Å²) in [5.41, 5.74) is 7.01. The van der Waals surface area contributed by atoms with Crippen molar-refractivity contribution in [3.8, 4) is 0 Å². The summed E-state index contributed by atoms with van der Waals surface area (Å²) >= 11 is 0. The van der Waals surface area contributed by atoms with Gasteiger partial charge in [0.15, 0.2) is 0 Å². The van der Waals surface area contributed by atoms with Crippen LogP contribution in [0, 0.1) is 0 Å². The highest BCUT2D eigenvalue weighted by atomic mass is 16.5. The number of hydrogen-bond donors (Lipinski definition) is 2. The van der Waals surface area contributed by atoms with Crippen LogP contribution in [-0.4, -0.2) is 25.5 Å². The number of hydrogen-bond acceptors (Lipinski definition) is 4. The molecule has 0 aliphatic rings. The molecule has 0 heterocycles. The summed E-state index contributed by atoms with van der Waals surface area (Å²) in [7, 11) is 1.33. The fourth-order valence-electron chi connectivity index (χ4n) is 1.74. The van der Waals surface area contributed by atoms with Gasteiger partial charge in [-0.05, 0) is 43.2 Å². The zero-order valence-electron chi connectivity index (χ0n) is 12.3. The van der Waals surface area contributed by atoms with Crippen molar-refractivity contribution in [2.75, 3.05) is 19.0 Å². The van der Waals surface area contributed by atoms with E-state index in [0.717, 1.165) is 30.5 Å². The molecule has 5 heteroatoms. The van der Waals surface area contributed by atoms with Crippen LogP contribution < -0.4 is 11.1 Å². The molecule has 0 bridgehead atoms. The standard InChI is InChI=1S/C16H22N2O3/c1-21-16(20)11-8-13-6-9-14(10-7-13)18-15(19)5-3-2-4-12-17/h6-11H,2-5,12,17H2,1H3,(H,18,19). The number of rotatable bonds is 8. The van der Waals surface area contributed by atoms with E-state index in [4.69, 9.17) is 5.73 Å². The van der Waals surface area contributed by atoms with Gasteiger partial charge in [0.1, 0.15) is 0 Å². The van der Waals surface area contributed by atoms with Gasteiger partial charge in [-0.3, -0.25) is 4.79 Å². The number of amides is 1. The minimum absolute atomic E-state index is 0.00451. The molecule has 1 rings (SSSR count). The lowest BCUT2D eigenvalue weighted by Crippen LogP contribution is -2.11. The van der Waals surface area contributed by atoms with Gasteiger partial charge < -0.3 is 15.8 Å². The van der Waals surface area contributed by atoms with E-state index >= 15 is 0 Å². The first-order valence-electron chi connectivity index (χ1n) is 7.01. The maximum absolute atomic E-state index is 11.7. The van der Waals surface area contributed by atoms with Gasteiger partial charge in [-0.15, -0.1) is 0 Å². The second kappa shape index (κ2) is 9.72. The molecule has 1 amide bonds. The lowest BCUT2D eigenvalue weighted by Gasteiger charge is -2.05. The van der Waals surface area contributed by atoms with Crippen LogP contribution in [0.15, 0.2) is 30.3 Å². The summed E-state index contributed by atoms with van der Waals surface area (Å²) in [5, 5.41) is 2.84. The van der Waals surface area contributed by atoms with Crippen LogP contribution in [-0.2, 0) is 14.3 Å². The molecular formula is C16H22N2O3. The van der Waals surface area contributed by atoms with E-state index in [1.807, 2.05) is 12.1 Å². The Morgan fingerprint density at radius 3 is 2.52 bits per heavy atom. The molecule has 21 heavy (non-hydrogen) atoms. The molecule has 1 aromatic carbocycles. The lowest BCUT2D eigenvalue weighted by molar-refractivity contribution is -0.134. The van der Waals surface area contributed by atoms with Crippen molar-refractivity contribution >= 4 is 23.6 Å². The molecule has 3 N–H and O–H groups in total. The summed E-state index contributed by atoms with van der Waals surface area (Å²) in [4.78, 5) is 22.7. The van der Waals surface area contributed by atoms with Crippen molar-refractivity contribution in [1.29, 1.82) is 0 Å². The van der Waals surface area contributed by atoms with Gasteiger partial charge in [-0.2, -0.15) is 0 Å². The minimum atomic E-state index is -0.398. The van der Waals surface area contributed by atoms with E-state index in [1.165, 1.54) is 13.2 Å². The molecule has 0 atom stereocenters. The SMILES string of the molecule is COC(=O)C=Cc1ccc(NC(=O)CCCCCN)cc1. The molecule has 0 aromatic heterocycles. The third-order valence-electron chi connectivity index (χ3n) is 2.92. The van der Waals surface area contributed by atoms with Crippen LogP contribution in [0.1, 0.15) is 31.2 Å². The highest BCUT2D eigenvalue weighted by Gasteiger charge is 2.02. The van der Waals surface area contributed by atoms with E-state index < -0.39 is 5.97 Å². The Bertz CT molecular complexity index is 481. The average molecular weight is 290 g/mol. The van der Waals surface area contributed by atoms with Crippen molar-refractivity contribution in [2.24, 2.45) is 5.73 Å². The molecule has 0 fully saturated rings. The Labute approximate surface area is 125 Å². The Balaban J connectivity index is 2.41. The van der Waals surface area contributed by atoms with Gasteiger partial charge in [-0.25, -0.2) is 4.79 Å². The van der Waals surface area contributed by atoms with Gasteiger partial charge in [0.25, 0.3) is 0 Å². The number of carbonyl (C=O) groups excluding carboxylic acids is 2. The number of anilines is 1. The van der Waals surface area contributed by atoms with Gasteiger partial charge in [-0.1, -0.05) is 18.6 Å². The average Bonchev–Trinajstić information content (AvgIpc) is 2.50. The summed E-state index contributed by atoms with van der Waals surface area (Å²) in [6.45, 7) is 0.669. The van der Waals surface area contributed by atoms with Crippen molar-refractivity contribution in [1.82, 2.24) is 0 Å². The number of unbranched alkanes of at least 4 members (excludes halogenated alkanes) is 2. The van der Waals surface area contributed by atoms with Crippen LogP contribution in [0.4, 0.5) is 5.69 Å². The second-order valence-electron chi connectivity index (χ2n) is 4.63. The smallest absolute Gasteiger partial charge is 0.330 e. The predicted molar refractivity (Wildman–Crippen MR) is 83.6 cm³/mol. The third kappa shape index (κ3) is 7.27. The van der Waals surface area contributed by atoms with Crippen molar-refractivity contribution in [3.63, 3.8) is 0 Å². The molecule has 5 nitrogen and oxygen atoms in total. The second-order valence-corrected chi connectivity index (χ2v) is 4.63. The van der Waals surface area contributed by atoms with E-state index in [0.29, 0.717) is 13.0 Å². The van der Waals surface area contributed by atoms with Crippen LogP contribution in [0.25, 0.3) is 6.08 Å². The lowest BCUT2D eigenvalue weighted by atomic mass is 10.1. The van der Waals surface area contributed by atoms with Crippen molar-refractivity contribution in [2.45, 2.75) is 25.7 Å². The first-order chi connectivity index (χ1) is 10.2. The van der Waals surface area contributed by atoms with Gasteiger partial charge in [0.2, 0.25) is 5.91 Å². The van der Waals surface area contributed by atoms with E-state index in [9.17, 15) is 9.59 Å². The van der Waals surface area contributed by atoms with Crippen LogP contribution in [0.3, 0.4) is 0 Å². The molecular weight excluding hydrogens is 268 g/mol. The quantitative estimate of drug-likeness (QED) is 0.437. The van der Waals surface area contributed by atoms with Crippen LogP contribution >= 0.6 is 0 Å². The number of nitrogens with one attached hydrogen (secondary N) is 1. The van der Waals surface area contributed by atoms with Gasteiger partial charge in [0.05, 0.1) is 7.11 Å². The van der Waals surface area contributed by atoms with Gasteiger partial charge >= 0.3 is 5.97 Å². The minimum Gasteiger partial charge on any atom is -0.466 e. The fraction of sp³-hybridized carbons (Fsp3) is 0.375. The van der Waals surface area contributed by atoms with Crippen molar-refractivity contribution in [3.05, 3.63) is 35.9 Å². The summed E-state index contributed by atoms with van der Waals surface area (Å²) < 4.78 is 4.51. The molecule has 0 unspecified atom stereocenters. The number of methoxy groups -OCH3 is 1. The molecule has 0 saturated heterocycles. The third-order valence-corrected chi connectivity index (χ3v) is 2.92. The fourth-order valence-corrected chi connectivity index (χ4v) is 1.74. The Kier molecular flexibility index (Phi) is 7.82. The van der Waals surface area contributed by atoms with Crippen molar-refractivity contribution < 1.29 is 14.3 Å². The molecule has 0 aliphatic heterocycles. The van der Waals surface area contributed by atoms with E-state index in [-0.39, 0.29) is 5.91 Å². The highest BCUT2D eigenvalue weighted by molar-refractivity contribution is 5.91. The summed E-state index contributed by atoms with van der Waals surface area (Å²) in [6, 6.07) is 7.25. The molecule has 1 aromatic rings. The topological polar surface area (TPSA) is 81.4 Å². The Morgan fingerprint density at radius 1 is 1.19 bits per heavy atom. The molecule has 0 radical (unpaired) electrons. The molecule has 0 aliphatic carbocycles. The summed E-state index contributed by atoms with van der Waals surface area (Å²) in [6.07, 6.45) is 6.29. The number of esters is 1. The number of ether oxygens (including phenoxy) is 1. The Morgan fingerprint density at radius 2 is 1.90 bits per heavy atom. The first kappa shape index (κ1) is 16.9. The maximum Gasteiger partial charge on any atom is 0.330 e. The van der Waals surface area contributed by atoms with E-state index in [2.05, 4.69) is 10.1 Å². The van der Waals surface area contributed by atoms with Crippen LogP contribution in [0.2, 0.25) is 0 Å². The monoisotopic (exact) mass is 290 g/mol. The summed E-state index contributed by atoms with van der Waals surface area (Å²) in [5.74, 6) is -0.394. The molecule has 0 saturated carbocycles. The van der Waals surface area contributed by atoms with Crippen LogP contribution in [0.5, 0.6) is 0 Å². The number of carbonyl (C=O) groups is 2. The molecule has 0 spiro atoms. The largest absolute Gasteiger partial charge is 0.466 e. The predicted octanol–water partition coefficient (Wildman–Crippen LogP) is 2.33. The van der Waals surface area contributed by atoms with Gasteiger partial charge in [0, 0.05) is 18.2 Å². The Hall–Kier alpha value is -2.14. The zero-order chi connectivity index (χ0) is 15.5. The number of benzene rings is 1. The highest BCUT2D eigenvalue weighted by Crippen LogP contribution is 2.12. The first-order valence-corrected chi connectivity index (χ1v) is 7.01. The number of nitrogens with two attached hydrogens (primary N) is 1. The maximum atomic E-state index is 11.7. The normalized spacial score (nSPS) is 10.6. The van der Waals surface area contributed by atoms with E-state index in [1.54, 1.807) is 18.2 Å². The molecule has 114 valence electrons.